The number of hydrogen-bond donors (Lipinski definition) is 0. The normalized spacial score (nSPS) is 24.9. The molecule has 2 amide bonds. The fourth-order valence-corrected chi connectivity index (χ4v) is 2.94. The minimum atomic E-state index is -0.955. The summed E-state index contributed by atoms with van der Waals surface area (Å²) in [5, 5.41) is 0. The van der Waals surface area contributed by atoms with Gasteiger partial charge < -0.3 is 9.47 Å². The summed E-state index contributed by atoms with van der Waals surface area (Å²) in [7, 11) is 0. The highest BCUT2D eigenvalue weighted by molar-refractivity contribution is 6.18. The number of rotatable bonds is 6. The monoisotopic (exact) mass is 349 g/mol. The highest BCUT2D eigenvalue weighted by atomic mass is 16.5. The fraction of sp³-hybridized carbons (Fsp3) is 0.556. The fourth-order valence-electron chi connectivity index (χ4n) is 2.94. The lowest BCUT2D eigenvalue weighted by molar-refractivity contribution is -0.159. The zero-order chi connectivity index (χ0) is 19.0. The number of carbonyl (C=O) groups is 4. The van der Waals surface area contributed by atoms with Gasteiger partial charge in [0.05, 0.1) is 12.0 Å². The maximum absolute atomic E-state index is 12.6. The van der Waals surface area contributed by atoms with E-state index in [1.165, 1.54) is 12.2 Å². The van der Waals surface area contributed by atoms with Crippen molar-refractivity contribution in [1.29, 1.82) is 0 Å². The number of esters is 2. The van der Waals surface area contributed by atoms with Crippen molar-refractivity contribution in [2.24, 2.45) is 10.8 Å². The number of nitrogens with zero attached hydrogens (tertiary/aromatic N) is 1. The molecule has 0 unspecified atom stereocenters. The lowest BCUT2D eigenvalue weighted by atomic mass is 9.95. The van der Waals surface area contributed by atoms with E-state index in [1.54, 1.807) is 20.8 Å². The van der Waals surface area contributed by atoms with E-state index in [4.69, 9.17) is 9.47 Å². The van der Waals surface area contributed by atoms with Crippen LogP contribution in [0.5, 0.6) is 0 Å². The van der Waals surface area contributed by atoms with Gasteiger partial charge in [0.2, 0.25) is 0 Å². The van der Waals surface area contributed by atoms with Gasteiger partial charge >= 0.3 is 11.9 Å². The Balaban J connectivity index is 2.05. The van der Waals surface area contributed by atoms with Crippen LogP contribution in [0.3, 0.4) is 0 Å². The third-order valence-corrected chi connectivity index (χ3v) is 4.98. The molecule has 0 radical (unpaired) electrons. The van der Waals surface area contributed by atoms with Crippen LogP contribution in [-0.4, -0.2) is 42.0 Å². The molecular formula is C18H23NO6. The highest BCUT2D eigenvalue weighted by Crippen LogP contribution is 2.65. The molecule has 0 spiro atoms. The molecule has 0 aromatic heterocycles. The lowest BCUT2D eigenvalue weighted by Gasteiger charge is -2.19. The molecule has 1 atom stereocenters. The van der Waals surface area contributed by atoms with Gasteiger partial charge in [-0.25, -0.2) is 9.69 Å². The van der Waals surface area contributed by atoms with E-state index < -0.39 is 35.9 Å². The van der Waals surface area contributed by atoms with Crippen LogP contribution < -0.4 is 0 Å². The zero-order valence-electron chi connectivity index (χ0n) is 15.2. The molecule has 1 saturated carbocycles. The Bertz CT molecular complexity index is 678. The smallest absolute Gasteiger partial charge is 0.330 e. The summed E-state index contributed by atoms with van der Waals surface area (Å²) in [6.07, 6.45) is 3.23. The topological polar surface area (TPSA) is 90.0 Å². The molecule has 1 fully saturated rings. The van der Waals surface area contributed by atoms with Crippen LogP contribution in [0.25, 0.3) is 0 Å². The van der Waals surface area contributed by atoms with Crippen molar-refractivity contribution in [3.8, 4) is 0 Å². The lowest BCUT2D eigenvalue weighted by Crippen LogP contribution is -2.36. The van der Waals surface area contributed by atoms with Gasteiger partial charge in [-0.3, -0.25) is 14.4 Å². The molecule has 0 saturated heterocycles. The molecule has 2 aliphatic rings. The van der Waals surface area contributed by atoms with E-state index in [0.717, 1.165) is 4.90 Å². The van der Waals surface area contributed by atoms with Gasteiger partial charge in [0.1, 0.15) is 0 Å². The van der Waals surface area contributed by atoms with Gasteiger partial charge in [0.15, 0.2) is 6.73 Å². The van der Waals surface area contributed by atoms with Crippen LogP contribution in [0.2, 0.25) is 0 Å². The first-order valence-electron chi connectivity index (χ1n) is 8.14. The van der Waals surface area contributed by atoms with Gasteiger partial charge in [0.25, 0.3) is 11.8 Å². The van der Waals surface area contributed by atoms with Gasteiger partial charge in [0, 0.05) is 17.2 Å². The van der Waals surface area contributed by atoms with E-state index in [1.807, 2.05) is 13.8 Å². The Hall–Kier alpha value is -2.44. The highest BCUT2D eigenvalue weighted by Gasteiger charge is 2.66. The SMILES string of the molecule is CCOC(=O)C=C[C@]1(C(=O)OCN2C(=O)C(C)=C(C)C2=O)CC1(C)C. The van der Waals surface area contributed by atoms with Crippen molar-refractivity contribution in [1.82, 2.24) is 4.90 Å². The Morgan fingerprint density at radius 2 is 1.64 bits per heavy atom. The standard InChI is InChI=1S/C18H23NO6/c1-6-24-13(20)7-8-18(9-17(18,4)5)16(23)25-10-19-14(21)11(2)12(3)15(19)22/h7-8H,6,9-10H2,1-5H3/t18-/m1/s1. The van der Waals surface area contributed by atoms with Gasteiger partial charge in [-0.2, -0.15) is 0 Å². The summed E-state index contributed by atoms with van der Waals surface area (Å²) in [5.74, 6) is -2.01. The largest absolute Gasteiger partial charge is 0.463 e. The third-order valence-electron chi connectivity index (χ3n) is 4.98. The van der Waals surface area contributed by atoms with E-state index in [9.17, 15) is 19.2 Å². The van der Waals surface area contributed by atoms with Crippen molar-refractivity contribution in [2.75, 3.05) is 13.3 Å². The van der Waals surface area contributed by atoms with Crippen molar-refractivity contribution in [3.05, 3.63) is 23.3 Å². The maximum atomic E-state index is 12.6. The molecule has 1 aliphatic carbocycles. The Morgan fingerprint density at radius 3 is 2.08 bits per heavy atom. The molecule has 2 rings (SSSR count). The minimum Gasteiger partial charge on any atom is -0.463 e. The molecule has 7 heteroatoms. The second kappa shape index (κ2) is 6.46. The number of imide groups is 1. The quantitative estimate of drug-likeness (QED) is 0.412. The molecular weight excluding hydrogens is 326 g/mol. The molecule has 7 nitrogen and oxygen atoms in total. The summed E-state index contributed by atoms with van der Waals surface area (Å²) >= 11 is 0. The second-order valence-electron chi connectivity index (χ2n) is 6.97. The average Bonchev–Trinajstić information content (AvgIpc) is 3.07. The van der Waals surface area contributed by atoms with Crippen LogP contribution in [0.15, 0.2) is 23.3 Å². The predicted octanol–water partition coefficient (Wildman–Crippen LogP) is 1.73. The molecule has 1 aliphatic heterocycles. The number of hydrogen-bond acceptors (Lipinski definition) is 6. The first kappa shape index (κ1) is 18.9. The molecule has 0 aromatic rings. The van der Waals surface area contributed by atoms with Crippen LogP contribution >= 0.6 is 0 Å². The molecule has 0 bridgehead atoms. The number of carbonyl (C=O) groups excluding carboxylic acids is 4. The predicted molar refractivity (Wildman–Crippen MR) is 87.8 cm³/mol. The molecule has 0 aromatic carbocycles. The number of ether oxygens (including phenoxy) is 2. The first-order valence-corrected chi connectivity index (χ1v) is 8.14. The van der Waals surface area contributed by atoms with Gasteiger partial charge in [-0.1, -0.05) is 19.9 Å². The Labute approximate surface area is 146 Å². The number of amides is 2. The van der Waals surface area contributed by atoms with Crippen molar-refractivity contribution >= 4 is 23.8 Å². The second-order valence-corrected chi connectivity index (χ2v) is 6.97. The van der Waals surface area contributed by atoms with Crippen LogP contribution in [-0.2, 0) is 28.7 Å². The Kier molecular flexibility index (Phi) is 4.88. The third kappa shape index (κ3) is 3.23. The summed E-state index contributed by atoms with van der Waals surface area (Å²) in [4.78, 5) is 49.0. The van der Waals surface area contributed by atoms with Gasteiger partial charge in [-0.05, 0) is 32.6 Å². The average molecular weight is 349 g/mol. The van der Waals surface area contributed by atoms with Crippen molar-refractivity contribution < 1.29 is 28.7 Å². The first-order chi connectivity index (χ1) is 11.6. The van der Waals surface area contributed by atoms with Crippen LogP contribution in [0.4, 0.5) is 0 Å². The van der Waals surface area contributed by atoms with E-state index in [2.05, 4.69) is 0 Å². The summed E-state index contributed by atoms with van der Waals surface area (Å²) < 4.78 is 10.1. The Morgan fingerprint density at radius 1 is 1.12 bits per heavy atom. The molecule has 0 N–H and O–H groups in total. The molecule has 25 heavy (non-hydrogen) atoms. The van der Waals surface area contributed by atoms with Crippen molar-refractivity contribution in [2.45, 2.75) is 41.0 Å². The minimum absolute atomic E-state index is 0.245. The van der Waals surface area contributed by atoms with Crippen molar-refractivity contribution in [3.63, 3.8) is 0 Å². The molecule has 1 heterocycles. The van der Waals surface area contributed by atoms with Crippen LogP contribution in [0.1, 0.15) is 41.0 Å². The summed E-state index contributed by atoms with van der Waals surface area (Å²) in [6, 6.07) is 0. The van der Waals surface area contributed by atoms with E-state index >= 15 is 0 Å². The van der Waals surface area contributed by atoms with E-state index in [-0.39, 0.29) is 12.0 Å². The van der Waals surface area contributed by atoms with Crippen LogP contribution in [0, 0.1) is 10.8 Å². The maximum Gasteiger partial charge on any atom is 0.330 e. The summed E-state index contributed by atoms with van der Waals surface area (Å²) in [6.45, 7) is 8.39. The summed E-state index contributed by atoms with van der Waals surface area (Å²) in [5.41, 5.74) is -0.631. The van der Waals surface area contributed by atoms with Gasteiger partial charge in [-0.15, -0.1) is 0 Å². The van der Waals surface area contributed by atoms with E-state index in [0.29, 0.717) is 17.6 Å². The zero-order valence-corrected chi connectivity index (χ0v) is 15.2. The molecule has 136 valence electrons.